The van der Waals surface area contributed by atoms with Crippen LogP contribution in [0.25, 0.3) is 0 Å². The number of rotatable bonds is 4. The van der Waals surface area contributed by atoms with Crippen LogP contribution in [-0.4, -0.2) is 0 Å². The third kappa shape index (κ3) is 3.71. The summed E-state index contributed by atoms with van der Waals surface area (Å²) in [5, 5.41) is 0. The molecule has 2 atom stereocenters. The molecule has 0 saturated heterocycles. The third-order valence-corrected chi connectivity index (χ3v) is 2.29. The van der Waals surface area contributed by atoms with Crippen LogP contribution in [0.15, 0.2) is 12.2 Å². The Morgan fingerprint density at radius 3 is 2.10 bits per heavy atom. The van der Waals surface area contributed by atoms with Crippen molar-refractivity contribution in [1.82, 2.24) is 0 Å². The summed E-state index contributed by atoms with van der Waals surface area (Å²) in [5.41, 5.74) is 1.31. The van der Waals surface area contributed by atoms with Crippen LogP contribution in [0, 0.1) is 11.8 Å². The Kier molecular flexibility index (Phi) is 4.42. The molecular weight excluding hydrogens is 120 g/mol. The Morgan fingerprint density at radius 1 is 1.30 bits per heavy atom. The molecule has 0 heterocycles. The maximum atomic E-state index is 3.91. The Morgan fingerprint density at radius 2 is 1.80 bits per heavy atom. The van der Waals surface area contributed by atoms with Crippen molar-refractivity contribution in [3.8, 4) is 0 Å². The molecule has 0 N–H and O–H groups in total. The molecule has 0 saturated carbocycles. The van der Waals surface area contributed by atoms with Crippen molar-refractivity contribution >= 4 is 0 Å². The van der Waals surface area contributed by atoms with Gasteiger partial charge in [-0.15, -0.1) is 6.58 Å². The van der Waals surface area contributed by atoms with E-state index in [1.165, 1.54) is 18.4 Å². The summed E-state index contributed by atoms with van der Waals surface area (Å²) in [6, 6.07) is 0. The van der Waals surface area contributed by atoms with Crippen LogP contribution in [0.1, 0.15) is 40.5 Å². The summed E-state index contributed by atoms with van der Waals surface area (Å²) in [6.07, 6.45) is 2.48. The monoisotopic (exact) mass is 140 g/mol. The van der Waals surface area contributed by atoms with Crippen molar-refractivity contribution in [1.29, 1.82) is 0 Å². The van der Waals surface area contributed by atoms with Crippen molar-refractivity contribution in [2.75, 3.05) is 0 Å². The fraction of sp³-hybridized carbons (Fsp3) is 0.800. The lowest BCUT2D eigenvalue weighted by molar-refractivity contribution is 0.374. The van der Waals surface area contributed by atoms with Crippen molar-refractivity contribution in [2.24, 2.45) is 11.8 Å². The molecule has 0 amide bonds. The van der Waals surface area contributed by atoms with Gasteiger partial charge in [-0.05, 0) is 25.2 Å². The molecule has 0 aromatic carbocycles. The second-order valence-corrected chi connectivity index (χ2v) is 3.52. The second kappa shape index (κ2) is 4.54. The minimum Gasteiger partial charge on any atom is -0.100 e. The van der Waals surface area contributed by atoms with E-state index in [9.17, 15) is 0 Å². The van der Waals surface area contributed by atoms with Gasteiger partial charge in [0.05, 0.1) is 0 Å². The van der Waals surface area contributed by atoms with Gasteiger partial charge in [0, 0.05) is 0 Å². The Bertz CT molecular complexity index is 103. The highest BCUT2D eigenvalue weighted by atomic mass is 14.1. The van der Waals surface area contributed by atoms with Crippen LogP contribution in [0.5, 0.6) is 0 Å². The van der Waals surface area contributed by atoms with Crippen molar-refractivity contribution < 1.29 is 0 Å². The summed E-state index contributed by atoms with van der Waals surface area (Å²) < 4.78 is 0. The zero-order chi connectivity index (χ0) is 8.15. The summed E-state index contributed by atoms with van der Waals surface area (Å²) in [7, 11) is 0. The SMILES string of the molecule is C=C(C)CC(C)C(C)CC. The van der Waals surface area contributed by atoms with Crippen LogP contribution in [0.3, 0.4) is 0 Å². The van der Waals surface area contributed by atoms with Gasteiger partial charge in [-0.1, -0.05) is 32.8 Å². The molecule has 0 nitrogen and oxygen atoms in total. The molecule has 0 bridgehead atoms. The predicted octanol–water partition coefficient (Wildman–Crippen LogP) is 3.63. The van der Waals surface area contributed by atoms with Crippen LogP contribution >= 0.6 is 0 Å². The predicted molar refractivity (Wildman–Crippen MR) is 48.1 cm³/mol. The molecule has 0 fully saturated rings. The molecule has 0 aromatic heterocycles. The average molecular weight is 140 g/mol. The van der Waals surface area contributed by atoms with Gasteiger partial charge in [0.15, 0.2) is 0 Å². The highest BCUT2D eigenvalue weighted by molar-refractivity contribution is 4.90. The van der Waals surface area contributed by atoms with Gasteiger partial charge in [0.2, 0.25) is 0 Å². The van der Waals surface area contributed by atoms with E-state index < -0.39 is 0 Å². The smallest absolute Gasteiger partial charge is 0.0297 e. The van der Waals surface area contributed by atoms with Gasteiger partial charge >= 0.3 is 0 Å². The van der Waals surface area contributed by atoms with Crippen LogP contribution < -0.4 is 0 Å². The van der Waals surface area contributed by atoms with E-state index in [-0.39, 0.29) is 0 Å². The molecule has 10 heavy (non-hydrogen) atoms. The van der Waals surface area contributed by atoms with Crippen LogP contribution in [0.4, 0.5) is 0 Å². The molecule has 0 aliphatic heterocycles. The average Bonchev–Trinajstić information content (AvgIpc) is 1.85. The van der Waals surface area contributed by atoms with Gasteiger partial charge in [0.1, 0.15) is 0 Å². The first kappa shape index (κ1) is 9.74. The van der Waals surface area contributed by atoms with E-state index in [0.717, 1.165) is 11.8 Å². The summed E-state index contributed by atoms with van der Waals surface area (Å²) >= 11 is 0. The van der Waals surface area contributed by atoms with Crippen molar-refractivity contribution in [3.63, 3.8) is 0 Å². The first-order valence-electron chi connectivity index (χ1n) is 4.22. The van der Waals surface area contributed by atoms with E-state index in [2.05, 4.69) is 34.3 Å². The van der Waals surface area contributed by atoms with E-state index in [4.69, 9.17) is 0 Å². The number of hydrogen-bond donors (Lipinski definition) is 0. The van der Waals surface area contributed by atoms with Crippen LogP contribution in [-0.2, 0) is 0 Å². The lowest BCUT2D eigenvalue weighted by Gasteiger charge is -2.17. The lowest BCUT2D eigenvalue weighted by atomic mass is 9.89. The zero-order valence-electron chi connectivity index (χ0n) is 7.78. The Hall–Kier alpha value is -0.260. The lowest BCUT2D eigenvalue weighted by Crippen LogP contribution is -2.06. The first-order chi connectivity index (χ1) is 4.57. The highest BCUT2D eigenvalue weighted by Crippen LogP contribution is 2.20. The molecule has 0 spiro atoms. The van der Waals surface area contributed by atoms with E-state index in [0.29, 0.717) is 0 Å². The summed E-state index contributed by atoms with van der Waals surface area (Å²) in [5.74, 6) is 1.65. The van der Waals surface area contributed by atoms with Gasteiger partial charge in [-0.3, -0.25) is 0 Å². The maximum absolute atomic E-state index is 3.91. The summed E-state index contributed by atoms with van der Waals surface area (Å²) in [4.78, 5) is 0. The normalized spacial score (nSPS) is 16.4. The third-order valence-electron chi connectivity index (χ3n) is 2.29. The Labute approximate surface area is 65.3 Å². The molecule has 0 aromatic rings. The fourth-order valence-electron chi connectivity index (χ4n) is 1.15. The van der Waals surface area contributed by atoms with Crippen LogP contribution in [0.2, 0.25) is 0 Å². The number of allylic oxidation sites excluding steroid dienone is 1. The topological polar surface area (TPSA) is 0 Å². The molecule has 0 aliphatic rings. The highest BCUT2D eigenvalue weighted by Gasteiger charge is 2.08. The molecule has 0 radical (unpaired) electrons. The van der Waals surface area contributed by atoms with Crippen molar-refractivity contribution in [2.45, 2.75) is 40.5 Å². The minimum atomic E-state index is 0.808. The van der Waals surface area contributed by atoms with E-state index >= 15 is 0 Å². The van der Waals surface area contributed by atoms with E-state index in [1.807, 2.05) is 0 Å². The fourth-order valence-corrected chi connectivity index (χ4v) is 1.15. The first-order valence-corrected chi connectivity index (χ1v) is 4.22. The second-order valence-electron chi connectivity index (χ2n) is 3.52. The molecular formula is C10H20. The zero-order valence-corrected chi connectivity index (χ0v) is 7.78. The molecule has 0 heteroatoms. The van der Waals surface area contributed by atoms with Gasteiger partial charge in [-0.25, -0.2) is 0 Å². The standard InChI is InChI=1S/C10H20/c1-6-9(4)10(5)7-8(2)3/h9-10H,2,6-7H2,1,3-5H3. The quantitative estimate of drug-likeness (QED) is 0.523. The van der Waals surface area contributed by atoms with Gasteiger partial charge < -0.3 is 0 Å². The molecule has 0 aliphatic carbocycles. The van der Waals surface area contributed by atoms with Gasteiger partial charge in [-0.2, -0.15) is 0 Å². The Balaban J connectivity index is 3.61. The van der Waals surface area contributed by atoms with Crippen molar-refractivity contribution in [3.05, 3.63) is 12.2 Å². The molecule has 60 valence electrons. The number of hydrogen-bond acceptors (Lipinski definition) is 0. The molecule has 2 unspecified atom stereocenters. The summed E-state index contributed by atoms with van der Waals surface area (Å²) in [6.45, 7) is 12.9. The maximum Gasteiger partial charge on any atom is -0.0297 e. The van der Waals surface area contributed by atoms with Gasteiger partial charge in [0.25, 0.3) is 0 Å². The van der Waals surface area contributed by atoms with E-state index in [1.54, 1.807) is 0 Å². The minimum absolute atomic E-state index is 0.808. The molecule has 0 rings (SSSR count). The largest absolute Gasteiger partial charge is 0.100 e.